The highest BCUT2D eigenvalue weighted by Gasteiger charge is 2.27. The van der Waals surface area contributed by atoms with Crippen LogP contribution in [0.15, 0.2) is 40.9 Å². The first-order valence-corrected chi connectivity index (χ1v) is 10.2. The Kier molecular flexibility index (Phi) is 10.1. The third-order valence-corrected chi connectivity index (χ3v) is 4.76. The number of amides is 1. The van der Waals surface area contributed by atoms with E-state index in [4.69, 9.17) is 9.73 Å². The average Bonchev–Trinajstić information content (AvgIpc) is 2.84. The lowest BCUT2D eigenvalue weighted by molar-refractivity contribution is 0.0208. The van der Waals surface area contributed by atoms with Gasteiger partial charge < -0.3 is 9.64 Å². The number of carbonyl (C=O) groups is 1. The Balaban J connectivity index is 2.47. The van der Waals surface area contributed by atoms with Crippen molar-refractivity contribution >= 4 is 12.3 Å². The number of rotatable bonds is 6. The predicted octanol–water partition coefficient (Wildman–Crippen LogP) is 6.09. The number of hydrogen-bond donors (Lipinski definition) is 0. The van der Waals surface area contributed by atoms with Crippen molar-refractivity contribution in [3.05, 3.63) is 36.0 Å². The van der Waals surface area contributed by atoms with Crippen LogP contribution in [0.4, 0.5) is 4.79 Å². The number of ether oxygens (including phenoxy) is 1. The van der Waals surface area contributed by atoms with Gasteiger partial charge in [-0.05, 0) is 84.8 Å². The van der Waals surface area contributed by atoms with Crippen molar-refractivity contribution in [1.82, 2.24) is 4.90 Å². The molecule has 0 heterocycles. The van der Waals surface area contributed by atoms with Gasteiger partial charge in [-0.3, -0.25) is 4.99 Å². The Hall–Kier alpha value is -1.84. The first-order valence-electron chi connectivity index (χ1n) is 10.2. The molecule has 1 saturated carbocycles. The highest BCUT2D eigenvalue weighted by molar-refractivity contribution is 5.71. The maximum atomic E-state index is 12.3. The number of hydrogen-bond acceptors (Lipinski definition) is 3. The molecule has 0 bridgehead atoms. The maximum absolute atomic E-state index is 12.3. The van der Waals surface area contributed by atoms with Crippen LogP contribution < -0.4 is 0 Å². The van der Waals surface area contributed by atoms with Crippen molar-refractivity contribution < 1.29 is 9.53 Å². The van der Waals surface area contributed by atoms with Gasteiger partial charge in [0.2, 0.25) is 0 Å². The monoisotopic (exact) mass is 374 g/mol. The van der Waals surface area contributed by atoms with Crippen LogP contribution in [0.2, 0.25) is 0 Å². The summed E-state index contributed by atoms with van der Waals surface area (Å²) in [6, 6.07) is 0.595. The van der Waals surface area contributed by atoms with E-state index in [0.717, 1.165) is 38.5 Å². The van der Waals surface area contributed by atoms with E-state index in [1.165, 1.54) is 5.57 Å². The van der Waals surface area contributed by atoms with Gasteiger partial charge in [-0.1, -0.05) is 24.3 Å². The molecule has 0 aromatic rings. The van der Waals surface area contributed by atoms with E-state index in [-0.39, 0.29) is 12.1 Å². The molecule has 4 nitrogen and oxygen atoms in total. The topological polar surface area (TPSA) is 41.9 Å². The third kappa shape index (κ3) is 9.60. The molecule has 1 rings (SSSR count). The summed E-state index contributed by atoms with van der Waals surface area (Å²) in [7, 11) is 1.86. The molecule has 0 saturated heterocycles. The van der Waals surface area contributed by atoms with Crippen molar-refractivity contribution in [2.75, 3.05) is 7.05 Å². The summed E-state index contributed by atoms with van der Waals surface area (Å²) >= 11 is 0. The zero-order valence-electron chi connectivity index (χ0n) is 18.1. The van der Waals surface area contributed by atoms with E-state index in [1.54, 1.807) is 4.90 Å². The van der Waals surface area contributed by atoms with Gasteiger partial charge >= 0.3 is 6.09 Å². The highest BCUT2D eigenvalue weighted by atomic mass is 16.6. The van der Waals surface area contributed by atoms with Crippen LogP contribution >= 0.6 is 0 Å². The Labute approximate surface area is 166 Å². The second kappa shape index (κ2) is 11.8. The summed E-state index contributed by atoms with van der Waals surface area (Å²) in [6.07, 6.45) is 18.4. The number of aliphatic imine (C=N–C) groups is 1. The van der Waals surface area contributed by atoms with Crippen LogP contribution in [0.5, 0.6) is 0 Å². The van der Waals surface area contributed by atoms with Gasteiger partial charge in [0, 0.05) is 25.3 Å². The predicted molar refractivity (Wildman–Crippen MR) is 115 cm³/mol. The van der Waals surface area contributed by atoms with Crippen molar-refractivity contribution in [2.45, 2.75) is 90.8 Å². The Morgan fingerprint density at radius 2 is 1.93 bits per heavy atom. The molecule has 4 heteroatoms. The zero-order valence-corrected chi connectivity index (χ0v) is 18.1. The molecule has 0 N–H and O–H groups in total. The lowest BCUT2D eigenvalue weighted by Gasteiger charge is -2.30. The van der Waals surface area contributed by atoms with E-state index in [2.05, 4.69) is 31.2 Å². The molecule has 0 aromatic carbocycles. The third-order valence-electron chi connectivity index (χ3n) is 4.76. The number of nitrogens with zero attached hydrogens (tertiary/aromatic N) is 2. The largest absolute Gasteiger partial charge is 0.444 e. The van der Waals surface area contributed by atoms with Crippen LogP contribution in [-0.4, -0.2) is 41.9 Å². The normalized spacial score (nSPS) is 22.5. The highest BCUT2D eigenvalue weighted by Crippen LogP contribution is 2.24. The molecule has 27 heavy (non-hydrogen) atoms. The Morgan fingerprint density at radius 1 is 1.19 bits per heavy atom. The molecular formula is C23H38N2O2. The van der Waals surface area contributed by atoms with Crippen LogP contribution in [0.25, 0.3) is 0 Å². The molecule has 2 atom stereocenters. The quantitative estimate of drug-likeness (QED) is 0.320. The van der Waals surface area contributed by atoms with Crippen molar-refractivity contribution in [1.29, 1.82) is 0 Å². The first kappa shape index (κ1) is 23.2. The SMILES string of the molecule is C/C=C\C(=C/C)C/C=C/C=N[C@@H]1CCC[C@@H](N(C)C(=O)OC(C)(C)C)CC1. The summed E-state index contributed by atoms with van der Waals surface area (Å²) in [5.74, 6) is 0. The van der Waals surface area contributed by atoms with Crippen LogP contribution in [0.1, 0.15) is 73.1 Å². The molecule has 0 aromatic heterocycles. The van der Waals surface area contributed by atoms with Gasteiger partial charge in [-0.25, -0.2) is 4.79 Å². The molecule has 152 valence electrons. The number of carbonyl (C=O) groups excluding carboxylic acids is 1. The van der Waals surface area contributed by atoms with Crippen LogP contribution in [-0.2, 0) is 4.74 Å². The fourth-order valence-corrected chi connectivity index (χ4v) is 3.21. The van der Waals surface area contributed by atoms with E-state index in [1.807, 2.05) is 47.0 Å². The molecule has 0 aliphatic heterocycles. The molecule has 1 fully saturated rings. The Bertz CT molecular complexity index is 567. The summed E-state index contributed by atoms with van der Waals surface area (Å²) < 4.78 is 5.50. The lowest BCUT2D eigenvalue weighted by atomic mass is 10.1. The molecule has 0 unspecified atom stereocenters. The lowest BCUT2D eigenvalue weighted by Crippen LogP contribution is -2.40. The van der Waals surface area contributed by atoms with Crippen molar-refractivity contribution in [3.63, 3.8) is 0 Å². The van der Waals surface area contributed by atoms with Crippen molar-refractivity contribution in [3.8, 4) is 0 Å². The van der Waals surface area contributed by atoms with Gasteiger partial charge in [0.05, 0.1) is 0 Å². The summed E-state index contributed by atoms with van der Waals surface area (Å²) in [5, 5.41) is 0. The molecular weight excluding hydrogens is 336 g/mol. The zero-order chi connectivity index (χ0) is 20.3. The fraction of sp³-hybridized carbons (Fsp3) is 0.652. The summed E-state index contributed by atoms with van der Waals surface area (Å²) in [6.45, 7) is 9.81. The Morgan fingerprint density at radius 3 is 2.56 bits per heavy atom. The molecule has 1 amide bonds. The summed E-state index contributed by atoms with van der Waals surface area (Å²) in [4.78, 5) is 18.8. The first-order chi connectivity index (χ1) is 12.8. The van der Waals surface area contributed by atoms with E-state index in [9.17, 15) is 4.79 Å². The standard InChI is InChI=1S/C23H38N2O2/c1-7-12-19(8-2)13-9-10-18-24-20-14-11-15-21(17-16-20)25(6)22(26)27-23(3,4)5/h7-10,12,18,20-21H,11,13-17H2,1-6H3/b10-9+,12-7-,19-8+,24-18?/t20-,21-/m1/s1. The van der Waals surface area contributed by atoms with Crippen molar-refractivity contribution in [2.24, 2.45) is 4.99 Å². The molecule has 0 radical (unpaired) electrons. The van der Waals surface area contributed by atoms with Crippen LogP contribution in [0, 0.1) is 0 Å². The molecule has 0 spiro atoms. The van der Waals surface area contributed by atoms with Gasteiger partial charge in [-0.2, -0.15) is 0 Å². The van der Waals surface area contributed by atoms with Gasteiger partial charge in [0.25, 0.3) is 0 Å². The maximum Gasteiger partial charge on any atom is 0.410 e. The van der Waals surface area contributed by atoms with Crippen LogP contribution in [0.3, 0.4) is 0 Å². The van der Waals surface area contributed by atoms with Gasteiger partial charge in [-0.15, -0.1) is 0 Å². The minimum Gasteiger partial charge on any atom is -0.444 e. The molecule has 1 aliphatic rings. The van der Waals surface area contributed by atoms with Gasteiger partial charge in [0.15, 0.2) is 0 Å². The average molecular weight is 375 g/mol. The van der Waals surface area contributed by atoms with E-state index < -0.39 is 5.60 Å². The second-order valence-corrected chi connectivity index (χ2v) is 8.20. The minimum absolute atomic E-state index is 0.224. The van der Waals surface area contributed by atoms with E-state index in [0.29, 0.717) is 6.04 Å². The summed E-state index contributed by atoms with van der Waals surface area (Å²) in [5.41, 5.74) is 0.860. The minimum atomic E-state index is -0.449. The fourth-order valence-electron chi connectivity index (χ4n) is 3.21. The smallest absolute Gasteiger partial charge is 0.410 e. The second-order valence-electron chi connectivity index (χ2n) is 8.20. The number of allylic oxidation sites excluding steroid dienone is 6. The van der Waals surface area contributed by atoms with Gasteiger partial charge in [0.1, 0.15) is 5.60 Å². The van der Waals surface area contributed by atoms with E-state index >= 15 is 0 Å². The molecule has 1 aliphatic carbocycles.